The largest absolute Gasteiger partial charge is 0.330 e. The van der Waals surface area contributed by atoms with E-state index in [2.05, 4.69) is 4.98 Å². The molecule has 0 bridgehead atoms. The van der Waals surface area contributed by atoms with Crippen LogP contribution in [0.3, 0.4) is 0 Å². The summed E-state index contributed by atoms with van der Waals surface area (Å²) in [5.74, 6) is -0.241. The summed E-state index contributed by atoms with van der Waals surface area (Å²) in [5.41, 5.74) is 2.58. The number of hydrogen-bond donors (Lipinski definition) is 0. The second kappa shape index (κ2) is 4.26. The molecule has 1 heterocycles. The molecule has 1 aromatic carbocycles. The molecule has 0 N–H and O–H groups in total. The van der Waals surface area contributed by atoms with Crippen LogP contribution in [0.1, 0.15) is 17.0 Å². The first-order valence-electron chi connectivity index (χ1n) is 5.00. The van der Waals surface area contributed by atoms with Gasteiger partial charge in [-0.2, -0.15) is 0 Å². The van der Waals surface area contributed by atoms with Gasteiger partial charge in [0.15, 0.2) is 0 Å². The van der Waals surface area contributed by atoms with Crippen LogP contribution in [-0.2, 0) is 6.54 Å². The first-order chi connectivity index (χ1) is 7.58. The van der Waals surface area contributed by atoms with Gasteiger partial charge < -0.3 is 4.57 Å². The van der Waals surface area contributed by atoms with Gasteiger partial charge in [-0.3, -0.25) is 0 Å². The number of hydrogen-bond acceptors (Lipinski definition) is 1. The van der Waals surface area contributed by atoms with Crippen LogP contribution >= 0.6 is 11.6 Å². The van der Waals surface area contributed by atoms with Gasteiger partial charge in [-0.15, -0.1) is 0 Å². The van der Waals surface area contributed by atoms with Gasteiger partial charge in [-0.1, -0.05) is 11.6 Å². The van der Waals surface area contributed by atoms with Crippen molar-refractivity contribution in [3.8, 4) is 0 Å². The second-order valence-electron chi connectivity index (χ2n) is 3.78. The van der Waals surface area contributed by atoms with Crippen LogP contribution in [0.25, 0.3) is 0 Å². The van der Waals surface area contributed by atoms with Gasteiger partial charge >= 0.3 is 0 Å². The number of halogens is 2. The van der Waals surface area contributed by atoms with Crippen molar-refractivity contribution in [2.75, 3.05) is 0 Å². The monoisotopic (exact) mass is 238 g/mol. The lowest BCUT2D eigenvalue weighted by atomic mass is 10.2. The van der Waals surface area contributed by atoms with Crippen molar-refractivity contribution in [1.82, 2.24) is 9.55 Å². The van der Waals surface area contributed by atoms with Crippen molar-refractivity contribution in [2.24, 2.45) is 0 Å². The Kier molecular flexibility index (Phi) is 2.97. The molecule has 0 spiro atoms. The summed E-state index contributed by atoms with van der Waals surface area (Å²) in [7, 11) is 0. The predicted octanol–water partition coefficient (Wildman–Crippen LogP) is 3.34. The minimum Gasteiger partial charge on any atom is -0.330 e. The number of benzene rings is 1. The minimum atomic E-state index is -0.241. The normalized spacial score (nSPS) is 10.8. The molecule has 2 aromatic rings. The fourth-order valence-corrected chi connectivity index (χ4v) is 1.75. The summed E-state index contributed by atoms with van der Waals surface area (Å²) in [6.45, 7) is 4.35. The van der Waals surface area contributed by atoms with Gasteiger partial charge in [0.2, 0.25) is 0 Å². The quantitative estimate of drug-likeness (QED) is 0.785. The predicted molar refractivity (Wildman–Crippen MR) is 62.2 cm³/mol. The van der Waals surface area contributed by atoms with E-state index in [9.17, 15) is 4.39 Å². The molecule has 0 atom stereocenters. The molecule has 0 fully saturated rings. The van der Waals surface area contributed by atoms with Crippen LogP contribution in [0.5, 0.6) is 0 Å². The van der Waals surface area contributed by atoms with Crippen molar-refractivity contribution in [3.63, 3.8) is 0 Å². The molecule has 0 aliphatic carbocycles. The van der Waals surface area contributed by atoms with Crippen molar-refractivity contribution < 1.29 is 4.39 Å². The Morgan fingerprint density at radius 3 is 2.75 bits per heavy atom. The Labute approximate surface area is 98.7 Å². The molecular formula is C12H12ClFN2. The molecule has 0 radical (unpaired) electrons. The Balaban J connectivity index is 2.33. The average Bonchev–Trinajstić information content (AvgIpc) is 2.55. The Morgan fingerprint density at radius 2 is 2.12 bits per heavy atom. The third-order valence-electron chi connectivity index (χ3n) is 2.69. The Bertz CT molecular complexity index is 520. The second-order valence-corrected chi connectivity index (χ2v) is 4.22. The summed E-state index contributed by atoms with van der Waals surface area (Å²) < 4.78 is 15.4. The van der Waals surface area contributed by atoms with E-state index in [1.165, 1.54) is 6.07 Å². The summed E-state index contributed by atoms with van der Waals surface area (Å²) in [4.78, 5) is 4.17. The summed E-state index contributed by atoms with van der Waals surface area (Å²) in [6.07, 6.45) is 1.71. The standard InChI is InChI=1S/C12H12ClFN2/c1-8-9(2)16(7-15-8)6-10-5-11(13)3-4-12(10)14/h3-5,7H,6H2,1-2H3. The van der Waals surface area contributed by atoms with Crippen LogP contribution in [-0.4, -0.2) is 9.55 Å². The summed E-state index contributed by atoms with van der Waals surface area (Å²) in [5, 5.41) is 0.547. The van der Waals surface area contributed by atoms with Crippen LogP contribution in [0.4, 0.5) is 4.39 Å². The molecule has 0 aliphatic rings. The van der Waals surface area contributed by atoms with E-state index < -0.39 is 0 Å². The number of aromatic nitrogens is 2. The third-order valence-corrected chi connectivity index (χ3v) is 2.93. The van der Waals surface area contributed by atoms with Gasteiger partial charge in [0.25, 0.3) is 0 Å². The van der Waals surface area contributed by atoms with E-state index in [1.807, 2.05) is 18.4 Å². The molecule has 0 amide bonds. The van der Waals surface area contributed by atoms with E-state index in [0.717, 1.165) is 11.4 Å². The van der Waals surface area contributed by atoms with Crippen molar-refractivity contribution in [2.45, 2.75) is 20.4 Å². The number of aryl methyl sites for hydroxylation is 1. The Hall–Kier alpha value is -1.35. The highest BCUT2D eigenvalue weighted by Gasteiger charge is 2.07. The molecule has 0 saturated heterocycles. The smallest absolute Gasteiger partial charge is 0.128 e. The zero-order valence-corrected chi connectivity index (χ0v) is 9.92. The fraction of sp³-hybridized carbons (Fsp3) is 0.250. The van der Waals surface area contributed by atoms with E-state index in [4.69, 9.17) is 11.6 Å². The van der Waals surface area contributed by atoms with Crippen molar-refractivity contribution in [1.29, 1.82) is 0 Å². The maximum atomic E-state index is 13.5. The first kappa shape index (κ1) is 11.1. The maximum absolute atomic E-state index is 13.5. The highest BCUT2D eigenvalue weighted by molar-refractivity contribution is 6.30. The molecule has 4 heteroatoms. The van der Waals surface area contributed by atoms with Gasteiger partial charge in [-0.05, 0) is 32.0 Å². The third kappa shape index (κ3) is 2.09. The van der Waals surface area contributed by atoms with Crippen molar-refractivity contribution >= 4 is 11.6 Å². The molecule has 2 rings (SSSR count). The zero-order chi connectivity index (χ0) is 11.7. The average molecular weight is 239 g/mol. The first-order valence-corrected chi connectivity index (χ1v) is 5.38. The lowest BCUT2D eigenvalue weighted by Gasteiger charge is -2.07. The molecule has 84 valence electrons. The van der Waals surface area contributed by atoms with E-state index in [1.54, 1.807) is 18.5 Å². The molecule has 0 aliphatic heterocycles. The topological polar surface area (TPSA) is 17.8 Å². The Morgan fingerprint density at radius 1 is 1.38 bits per heavy atom. The van der Waals surface area contributed by atoms with Gasteiger partial charge in [-0.25, -0.2) is 9.37 Å². The summed E-state index contributed by atoms with van der Waals surface area (Å²) >= 11 is 5.84. The molecule has 1 aromatic heterocycles. The number of rotatable bonds is 2. The molecule has 2 nitrogen and oxygen atoms in total. The SMILES string of the molecule is Cc1ncn(Cc2cc(Cl)ccc2F)c1C. The summed E-state index contributed by atoms with van der Waals surface area (Å²) in [6, 6.07) is 4.58. The minimum absolute atomic E-state index is 0.241. The van der Waals surface area contributed by atoms with Crippen LogP contribution in [0.2, 0.25) is 5.02 Å². The fourth-order valence-electron chi connectivity index (χ4n) is 1.55. The van der Waals surface area contributed by atoms with E-state index in [0.29, 0.717) is 17.1 Å². The molecule has 16 heavy (non-hydrogen) atoms. The molecular weight excluding hydrogens is 227 g/mol. The van der Waals surface area contributed by atoms with Crippen molar-refractivity contribution in [3.05, 3.63) is 52.3 Å². The van der Waals surface area contributed by atoms with Gasteiger partial charge in [0.05, 0.1) is 18.6 Å². The maximum Gasteiger partial charge on any atom is 0.128 e. The molecule has 0 unspecified atom stereocenters. The highest BCUT2D eigenvalue weighted by atomic mass is 35.5. The van der Waals surface area contributed by atoms with Gasteiger partial charge in [0.1, 0.15) is 5.82 Å². The lowest BCUT2D eigenvalue weighted by molar-refractivity contribution is 0.597. The number of nitrogens with zero attached hydrogens (tertiary/aromatic N) is 2. The van der Waals surface area contributed by atoms with Gasteiger partial charge in [0, 0.05) is 16.3 Å². The van der Waals surface area contributed by atoms with E-state index in [-0.39, 0.29) is 5.82 Å². The van der Waals surface area contributed by atoms with Crippen LogP contribution in [0, 0.1) is 19.7 Å². The zero-order valence-electron chi connectivity index (χ0n) is 9.17. The van der Waals surface area contributed by atoms with Crippen LogP contribution < -0.4 is 0 Å². The van der Waals surface area contributed by atoms with Crippen LogP contribution in [0.15, 0.2) is 24.5 Å². The molecule has 0 saturated carbocycles. The number of imidazole rings is 1. The van der Waals surface area contributed by atoms with E-state index >= 15 is 0 Å². The highest BCUT2D eigenvalue weighted by Crippen LogP contribution is 2.17. The lowest BCUT2D eigenvalue weighted by Crippen LogP contribution is -2.02.